The summed E-state index contributed by atoms with van der Waals surface area (Å²) in [5.41, 5.74) is 0.898. The smallest absolute Gasteiger partial charge is 0.160 e. The van der Waals surface area contributed by atoms with E-state index in [1.807, 2.05) is 6.07 Å². The highest BCUT2D eigenvalue weighted by molar-refractivity contribution is 5.41. The number of rotatable bonds is 6. The highest BCUT2D eigenvalue weighted by Crippen LogP contribution is 2.35. The molecule has 0 saturated carbocycles. The molecule has 3 rings (SSSR count). The van der Waals surface area contributed by atoms with Crippen LogP contribution in [0, 0.1) is 17.0 Å². The Bertz CT molecular complexity index is 799. The Hall–Kier alpha value is -2.18. The number of aliphatic hydroxyl groups is 1. The summed E-state index contributed by atoms with van der Waals surface area (Å²) in [5.74, 6) is -0.651. The van der Waals surface area contributed by atoms with E-state index in [1.165, 1.54) is 19.2 Å². The van der Waals surface area contributed by atoms with E-state index >= 15 is 0 Å². The molecule has 1 aliphatic heterocycles. The van der Waals surface area contributed by atoms with Gasteiger partial charge >= 0.3 is 0 Å². The zero-order valence-electron chi connectivity index (χ0n) is 15.4. The van der Waals surface area contributed by atoms with E-state index in [1.54, 1.807) is 12.1 Å². The summed E-state index contributed by atoms with van der Waals surface area (Å²) >= 11 is 0. The third-order valence-corrected chi connectivity index (χ3v) is 5.31. The third kappa shape index (κ3) is 4.57. The molecule has 0 bridgehead atoms. The largest absolute Gasteiger partial charge is 0.504 e. The lowest BCUT2D eigenvalue weighted by molar-refractivity contribution is 0.0282. The highest BCUT2D eigenvalue weighted by atomic mass is 19.1. The van der Waals surface area contributed by atoms with Crippen LogP contribution >= 0.6 is 0 Å². The van der Waals surface area contributed by atoms with Gasteiger partial charge in [0.05, 0.1) is 13.7 Å². The molecule has 0 aromatic heterocycles. The van der Waals surface area contributed by atoms with Gasteiger partial charge in [0.1, 0.15) is 11.6 Å². The number of methoxy groups -OCH3 is 1. The first-order valence-electron chi connectivity index (χ1n) is 9.08. The van der Waals surface area contributed by atoms with Crippen LogP contribution in [0.2, 0.25) is 0 Å². The van der Waals surface area contributed by atoms with Crippen LogP contribution in [0.3, 0.4) is 0 Å². The first-order chi connectivity index (χ1) is 12.9. The van der Waals surface area contributed by atoms with Crippen LogP contribution in [-0.4, -0.2) is 41.9 Å². The van der Waals surface area contributed by atoms with Gasteiger partial charge in [-0.25, -0.2) is 8.78 Å². The van der Waals surface area contributed by atoms with E-state index in [0.29, 0.717) is 30.8 Å². The van der Waals surface area contributed by atoms with Gasteiger partial charge in [-0.3, -0.25) is 4.90 Å². The molecule has 1 saturated heterocycles. The number of ether oxygens (including phenoxy) is 1. The second kappa shape index (κ2) is 8.23. The molecule has 0 aliphatic carbocycles. The van der Waals surface area contributed by atoms with Gasteiger partial charge in [0, 0.05) is 24.6 Å². The number of halogens is 2. The van der Waals surface area contributed by atoms with E-state index in [9.17, 15) is 19.0 Å². The number of benzene rings is 2. The molecule has 0 spiro atoms. The zero-order chi connectivity index (χ0) is 19.4. The van der Waals surface area contributed by atoms with E-state index in [4.69, 9.17) is 4.74 Å². The Labute approximate surface area is 158 Å². The Kier molecular flexibility index (Phi) is 5.97. The van der Waals surface area contributed by atoms with Crippen molar-refractivity contribution in [3.63, 3.8) is 0 Å². The van der Waals surface area contributed by atoms with Crippen molar-refractivity contribution in [1.82, 2.24) is 4.90 Å². The molecule has 0 radical (unpaired) electrons. The summed E-state index contributed by atoms with van der Waals surface area (Å²) < 4.78 is 32.3. The van der Waals surface area contributed by atoms with Gasteiger partial charge in [-0.05, 0) is 55.1 Å². The Morgan fingerprint density at radius 3 is 2.67 bits per heavy atom. The van der Waals surface area contributed by atoms with Gasteiger partial charge in [-0.2, -0.15) is 0 Å². The third-order valence-electron chi connectivity index (χ3n) is 5.31. The van der Waals surface area contributed by atoms with Crippen molar-refractivity contribution in [2.24, 2.45) is 5.41 Å². The summed E-state index contributed by atoms with van der Waals surface area (Å²) in [6.45, 7) is 2.02. The van der Waals surface area contributed by atoms with Gasteiger partial charge in [0.2, 0.25) is 0 Å². The van der Waals surface area contributed by atoms with Gasteiger partial charge in [0.15, 0.2) is 11.5 Å². The van der Waals surface area contributed by atoms with E-state index in [2.05, 4.69) is 4.90 Å². The number of hydrogen-bond acceptors (Lipinski definition) is 4. The number of likely N-dealkylation sites (tertiary alicyclic amines) is 1. The number of aromatic hydroxyl groups is 1. The quantitative estimate of drug-likeness (QED) is 0.809. The van der Waals surface area contributed by atoms with Crippen molar-refractivity contribution in [2.75, 3.05) is 26.8 Å². The molecule has 2 aromatic carbocycles. The van der Waals surface area contributed by atoms with Gasteiger partial charge in [-0.15, -0.1) is 0 Å². The zero-order valence-corrected chi connectivity index (χ0v) is 15.4. The SMILES string of the molecule is COc1ccc(CN2CCC[C@](CO)(Cc3ccc(F)cc3F)C2)cc1O. The van der Waals surface area contributed by atoms with Crippen LogP contribution in [-0.2, 0) is 13.0 Å². The number of aliphatic hydroxyl groups excluding tert-OH is 1. The molecule has 0 unspecified atom stereocenters. The molecule has 4 nitrogen and oxygen atoms in total. The fraction of sp³-hybridized carbons (Fsp3) is 0.429. The topological polar surface area (TPSA) is 52.9 Å². The standard InChI is InChI=1S/C21H25F2NO3/c1-27-20-6-3-15(9-19(20)26)12-24-8-2-7-21(13-24,14-25)11-16-4-5-17(22)10-18(16)23/h3-6,9-10,25-26H,2,7-8,11-14H2,1H3/t21-/m0/s1. The summed E-state index contributed by atoms with van der Waals surface area (Å²) in [6, 6.07) is 8.90. The Morgan fingerprint density at radius 2 is 2.00 bits per heavy atom. The second-order valence-corrected chi connectivity index (χ2v) is 7.39. The maximum atomic E-state index is 14.1. The monoisotopic (exact) mass is 377 g/mol. The lowest BCUT2D eigenvalue weighted by Gasteiger charge is -2.42. The molecule has 146 valence electrons. The van der Waals surface area contributed by atoms with Gasteiger partial charge in [-0.1, -0.05) is 12.1 Å². The molecule has 6 heteroatoms. The molecule has 2 aromatic rings. The minimum Gasteiger partial charge on any atom is -0.504 e. The van der Waals surface area contributed by atoms with Crippen molar-refractivity contribution in [3.05, 3.63) is 59.2 Å². The lowest BCUT2D eigenvalue weighted by atomic mass is 9.75. The maximum Gasteiger partial charge on any atom is 0.160 e. The number of phenols is 1. The van der Waals surface area contributed by atoms with Crippen LogP contribution in [0.1, 0.15) is 24.0 Å². The van der Waals surface area contributed by atoms with Crippen LogP contribution in [0.5, 0.6) is 11.5 Å². The van der Waals surface area contributed by atoms with E-state index in [0.717, 1.165) is 31.0 Å². The van der Waals surface area contributed by atoms with E-state index < -0.39 is 17.0 Å². The molecular formula is C21H25F2NO3. The highest BCUT2D eigenvalue weighted by Gasteiger charge is 2.35. The molecule has 0 amide bonds. The van der Waals surface area contributed by atoms with Crippen LogP contribution < -0.4 is 4.74 Å². The molecular weight excluding hydrogens is 352 g/mol. The van der Waals surface area contributed by atoms with Crippen molar-refractivity contribution >= 4 is 0 Å². The van der Waals surface area contributed by atoms with Crippen LogP contribution in [0.25, 0.3) is 0 Å². The van der Waals surface area contributed by atoms with Crippen molar-refractivity contribution in [3.8, 4) is 11.5 Å². The summed E-state index contributed by atoms with van der Waals surface area (Å²) in [6.07, 6.45) is 2.02. The van der Waals surface area contributed by atoms with Gasteiger partial charge < -0.3 is 14.9 Å². The molecule has 1 fully saturated rings. The first-order valence-corrected chi connectivity index (χ1v) is 9.08. The fourth-order valence-electron chi connectivity index (χ4n) is 3.94. The summed E-state index contributed by atoms with van der Waals surface area (Å²) in [4.78, 5) is 2.20. The average molecular weight is 377 g/mol. The van der Waals surface area contributed by atoms with Crippen LogP contribution in [0.15, 0.2) is 36.4 Å². The minimum atomic E-state index is -0.598. The molecule has 1 aliphatic rings. The Balaban J connectivity index is 1.73. The lowest BCUT2D eigenvalue weighted by Crippen LogP contribution is -2.46. The number of phenolic OH excluding ortho intramolecular Hbond substituents is 1. The second-order valence-electron chi connectivity index (χ2n) is 7.39. The van der Waals surface area contributed by atoms with Crippen molar-refractivity contribution in [1.29, 1.82) is 0 Å². The van der Waals surface area contributed by atoms with Crippen molar-refractivity contribution in [2.45, 2.75) is 25.8 Å². The predicted octanol–water partition coefficient (Wildman–Crippen LogP) is 3.50. The fourth-order valence-corrected chi connectivity index (χ4v) is 3.94. The normalized spacial score (nSPS) is 20.6. The maximum absolute atomic E-state index is 14.1. The average Bonchev–Trinajstić information content (AvgIpc) is 2.65. The minimum absolute atomic E-state index is 0.0613. The number of hydrogen-bond donors (Lipinski definition) is 2. The number of piperidine rings is 1. The predicted molar refractivity (Wildman–Crippen MR) is 98.8 cm³/mol. The molecule has 27 heavy (non-hydrogen) atoms. The van der Waals surface area contributed by atoms with Crippen LogP contribution in [0.4, 0.5) is 8.78 Å². The van der Waals surface area contributed by atoms with Gasteiger partial charge in [0.25, 0.3) is 0 Å². The summed E-state index contributed by atoms with van der Waals surface area (Å²) in [7, 11) is 1.50. The Morgan fingerprint density at radius 1 is 1.19 bits per heavy atom. The van der Waals surface area contributed by atoms with Crippen molar-refractivity contribution < 1.29 is 23.7 Å². The molecule has 1 atom stereocenters. The number of nitrogens with zero attached hydrogens (tertiary/aromatic N) is 1. The summed E-state index contributed by atoms with van der Waals surface area (Å²) in [5, 5.41) is 20.0. The first kappa shape index (κ1) is 19.6. The van der Waals surface area contributed by atoms with E-state index in [-0.39, 0.29) is 12.4 Å². The molecule has 2 N–H and O–H groups in total. The molecule has 1 heterocycles.